The molecule has 0 amide bonds. The number of nitrogen functional groups attached to an aromatic ring is 1. The summed E-state index contributed by atoms with van der Waals surface area (Å²) in [6.07, 6.45) is 1.69. The minimum atomic E-state index is -2.36. The molecular weight excluding hydrogens is 312 g/mol. The van der Waals surface area contributed by atoms with E-state index in [4.69, 9.17) is 5.73 Å². The molecule has 0 aliphatic heterocycles. The van der Waals surface area contributed by atoms with Gasteiger partial charge in [0.1, 0.15) is 5.82 Å². The van der Waals surface area contributed by atoms with Crippen molar-refractivity contribution in [3.05, 3.63) is 54.2 Å². The molecular formula is C16H15N4O2S-. The number of hydrogen-bond acceptors (Lipinski definition) is 5. The maximum absolute atomic E-state index is 10.7. The summed E-state index contributed by atoms with van der Waals surface area (Å²) in [5.74, 6) is 0.662. The first-order valence-corrected chi connectivity index (χ1v) is 7.99. The van der Waals surface area contributed by atoms with Gasteiger partial charge in [-0.15, -0.1) is 0 Å². The van der Waals surface area contributed by atoms with Crippen molar-refractivity contribution in [1.82, 2.24) is 4.98 Å². The maximum atomic E-state index is 10.7. The lowest BCUT2D eigenvalue weighted by Crippen LogP contribution is -2.03. The predicted octanol–water partition coefficient (Wildman–Crippen LogP) is 3.08. The zero-order valence-corrected chi connectivity index (χ0v) is 13.2. The lowest BCUT2D eigenvalue weighted by molar-refractivity contribution is 0.542. The molecule has 0 fully saturated rings. The lowest BCUT2D eigenvalue weighted by atomic mass is 10.1. The van der Waals surface area contributed by atoms with Gasteiger partial charge in [-0.25, -0.2) is 4.98 Å². The normalized spacial score (nSPS) is 12.1. The van der Waals surface area contributed by atoms with Crippen LogP contribution in [0.2, 0.25) is 0 Å². The quantitative estimate of drug-likeness (QED) is 0.505. The molecule has 3 aromatic rings. The first-order chi connectivity index (χ1) is 11.0. The largest absolute Gasteiger partial charge is 0.755 e. The highest BCUT2D eigenvalue weighted by Crippen LogP contribution is 2.30. The number of rotatable bonds is 4. The third-order valence-electron chi connectivity index (χ3n) is 3.53. The van der Waals surface area contributed by atoms with Crippen LogP contribution < -0.4 is 15.8 Å². The van der Waals surface area contributed by atoms with E-state index in [2.05, 4.69) is 15.0 Å². The average Bonchev–Trinajstić information content (AvgIpc) is 2.51. The number of aromatic nitrogens is 1. The first-order valence-electron chi connectivity index (χ1n) is 6.91. The molecule has 0 saturated carbocycles. The molecule has 0 saturated heterocycles. The minimum absolute atomic E-state index is 0.471. The van der Waals surface area contributed by atoms with Crippen molar-refractivity contribution in [3.63, 3.8) is 0 Å². The van der Waals surface area contributed by atoms with Crippen LogP contribution in [0.4, 0.5) is 22.9 Å². The van der Waals surface area contributed by atoms with Crippen LogP contribution in [-0.2, 0) is 11.3 Å². The third-order valence-corrected chi connectivity index (χ3v) is 3.93. The number of fused-ring (bicyclic) bond motifs is 1. The molecule has 3 rings (SSSR count). The monoisotopic (exact) mass is 327 g/mol. The molecule has 2 aromatic carbocycles. The fourth-order valence-electron chi connectivity index (χ4n) is 2.38. The van der Waals surface area contributed by atoms with Gasteiger partial charge in [-0.2, -0.15) is 0 Å². The van der Waals surface area contributed by atoms with E-state index in [1.807, 2.05) is 31.2 Å². The molecule has 1 aromatic heterocycles. The summed E-state index contributed by atoms with van der Waals surface area (Å²) in [7, 11) is 0. The summed E-state index contributed by atoms with van der Waals surface area (Å²) in [4.78, 5) is 4.35. The molecule has 7 heteroatoms. The molecule has 118 valence electrons. The van der Waals surface area contributed by atoms with Gasteiger partial charge in [0.2, 0.25) is 0 Å². The van der Waals surface area contributed by atoms with Crippen LogP contribution in [0, 0.1) is 6.92 Å². The Morgan fingerprint density at radius 1 is 1.13 bits per heavy atom. The van der Waals surface area contributed by atoms with Gasteiger partial charge in [-0.3, -0.25) is 4.21 Å². The highest BCUT2D eigenvalue weighted by atomic mass is 32.2. The number of nitrogens with two attached hydrogens (primary N) is 1. The van der Waals surface area contributed by atoms with Crippen molar-refractivity contribution in [1.29, 1.82) is 0 Å². The van der Waals surface area contributed by atoms with Gasteiger partial charge < -0.3 is 20.3 Å². The van der Waals surface area contributed by atoms with Crippen molar-refractivity contribution in [2.45, 2.75) is 6.92 Å². The number of nitrogens with zero attached hydrogens (tertiary/aromatic N) is 1. The van der Waals surface area contributed by atoms with E-state index in [0.717, 1.165) is 27.7 Å². The second-order valence-corrected chi connectivity index (χ2v) is 5.77. The average molecular weight is 327 g/mol. The topological polar surface area (TPSA) is 103 Å². The number of benzene rings is 2. The molecule has 0 bridgehead atoms. The Morgan fingerprint density at radius 3 is 2.70 bits per heavy atom. The van der Waals surface area contributed by atoms with Crippen LogP contribution in [0.1, 0.15) is 5.56 Å². The van der Waals surface area contributed by atoms with Crippen LogP contribution in [-0.4, -0.2) is 13.7 Å². The Kier molecular flexibility index (Phi) is 4.14. The lowest BCUT2D eigenvalue weighted by Gasteiger charge is -2.13. The zero-order valence-electron chi connectivity index (χ0n) is 12.4. The predicted molar refractivity (Wildman–Crippen MR) is 93.2 cm³/mol. The Labute approximate surface area is 136 Å². The van der Waals surface area contributed by atoms with Crippen molar-refractivity contribution in [2.24, 2.45) is 0 Å². The Balaban J connectivity index is 1.99. The number of anilines is 4. The Bertz CT molecular complexity index is 898. The molecule has 1 atom stereocenters. The van der Waals surface area contributed by atoms with Crippen LogP contribution in [0.15, 0.2) is 48.7 Å². The fourth-order valence-corrected chi connectivity index (χ4v) is 2.70. The van der Waals surface area contributed by atoms with Crippen molar-refractivity contribution in [2.75, 3.05) is 15.8 Å². The number of aryl methyl sites for hydroxylation is 1. The second-order valence-electron chi connectivity index (χ2n) is 5.09. The number of pyridine rings is 1. The van der Waals surface area contributed by atoms with Crippen molar-refractivity contribution < 1.29 is 8.76 Å². The molecule has 1 unspecified atom stereocenters. The van der Waals surface area contributed by atoms with Crippen LogP contribution in [0.25, 0.3) is 10.8 Å². The highest BCUT2D eigenvalue weighted by molar-refractivity contribution is 7.80. The Hall–Kier alpha value is -2.64. The molecule has 0 aliphatic carbocycles. The Morgan fingerprint density at radius 2 is 1.91 bits per heavy atom. The summed E-state index contributed by atoms with van der Waals surface area (Å²) in [6.45, 7) is 1.96. The first kappa shape index (κ1) is 15.3. The standard InChI is InChI=1S/C16H16N4O2S/c1-10-5-6-14-13(15(10)17)7-8-18-16(14)19-11-3-2-4-12(9-11)20-23(21)22/h2-9,20H,17H2,1H3,(H,18,19)(H,21,22)/p-1. The maximum Gasteiger partial charge on any atom is 0.138 e. The summed E-state index contributed by atoms with van der Waals surface area (Å²) in [6, 6.07) is 12.7. The number of hydrogen-bond donors (Lipinski definition) is 3. The van der Waals surface area contributed by atoms with E-state index in [1.54, 1.807) is 24.4 Å². The van der Waals surface area contributed by atoms with E-state index in [1.165, 1.54) is 0 Å². The zero-order chi connectivity index (χ0) is 16.4. The summed E-state index contributed by atoms with van der Waals surface area (Å²) in [5, 5.41) is 5.03. The molecule has 1 heterocycles. The molecule has 0 aliphatic rings. The minimum Gasteiger partial charge on any atom is -0.755 e. The van der Waals surface area contributed by atoms with Gasteiger partial charge in [-0.1, -0.05) is 18.2 Å². The number of nitrogens with one attached hydrogen (secondary N) is 2. The summed E-state index contributed by atoms with van der Waals surface area (Å²) < 4.78 is 23.8. The van der Waals surface area contributed by atoms with E-state index in [9.17, 15) is 8.76 Å². The molecule has 0 spiro atoms. The van der Waals surface area contributed by atoms with Crippen molar-refractivity contribution in [3.8, 4) is 0 Å². The highest BCUT2D eigenvalue weighted by Gasteiger charge is 2.07. The van der Waals surface area contributed by atoms with Gasteiger partial charge in [0.05, 0.1) is 0 Å². The van der Waals surface area contributed by atoms with E-state index in [0.29, 0.717) is 11.5 Å². The fraction of sp³-hybridized carbons (Fsp3) is 0.0625. The SMILES string of the molecule is Cc1ccc2c(Nc3cccc(NS(=O)[O-])c3)nccc2c1N. The summed E-state index contributed by atoms with van der Waals surface area (Å²) in [5.41, 5.74) is 9.06. The van der Waals surface area contributed by atoms with Crippen LogP contribution >= 0.6 is 0 Å². The van der Waals surface area contributed by atoms with Gasteiger partial charge >= 0.3 is 0 Å². The van der Waals surface area contributed by atoms with E-state index in [-0.39, 0.29) is 0 Å². The molecule has 0 radical (unpaired) electrons. The van der Waals surface area contributed by atoms with E-state index >= 15 is 0 Å². The van der Waals surface area contributed by atoms with Crippen LogP contribution in [0.5, 0.6) is 0 Å². The molecule has 4 N–H and O–H groups in total. The van der Waals surface area contributed by atoms with E-state index < -0.39 is 11.3 Å². The van der Waals surface area contributed by atoms with Gasteiger partial charge in [0.15, 0.2) is 0 Å². The smallest absolute Gasteiger partial charge is 0.138 e. The molecule has 23 heavy (non-hydrogen) atoms. The second kappa shape index (κ2) is 6.23. The van der Waals surface area contributed by atoms with Gasteiger partial charge in [-0.05, 0) is 36.8 Å². The summed E-state index contributed by atoms with van der Waals surface area (Å²) >= 11 is -2.36. The van der Waals surface area contributed by atoms with Crippen LogP contribution in [0.3, 0.4) is 0 Å². The molecule has 6 nitrogen and oxygen atoms in total. The van der Waals surface area contributed by atoms with Gasteiger partial charge in [0.25, 0.3) is 0 Å². The van der Waals surface area contributed by atoms with Gasteiger partial charge in [0, 0.05) is 45.3 Å². The van der Waals surface area contributed by atoms with Crippen molar-refractivity contribution >= 4 is 44.9 Å². The third kappa shape index (κ3) is 3.25.